The molecule has 0 saturated carbocycles. The van der Waals surface area contributed by atoms with Crippen LogP contribution in [0, 0.1) is 0 Å². The van der Waals surface area contributed by atoms with E-state index in [-0.39, 0.29) is 6.03 Å². The number of nitrogens with zero attached hydrogens (tertiary/aromatic N) is 1. The highest BCUT2D eigenvalue weighted by atomic mass is 32.2. The zero-order valence-corrected chi connectivity index (χ0v) is 14.8. The number of hydrogen-bond acceptors (Lipinski definition) is 4. The molecule has 0 bridgehead atoms. The fraction of sp³-hybridized carbons (Fsp3) is 0.500. The second kappa shape index (κ2) is 9.02. The van der Waals surface area contributed by atoms with Gasteiger partial charge in [-0.25, -0.2) is 17.5 Å². The van der Waals surface area contributed by atoms with E-state index >= 15 is 0 Å². The minimum atomic E-state index is -3.17. The fourth-order valence-corrected chi connectivity index (χ4v) is 3.28. The summed E-state index contributed by atoms with van der Waals surface area (Å²) < 4.78 is 24.2. The van der Waals surface area contributed by atoms with Crippen LogP contribution in [0.4, 0.5) is 10.5 Å². The quantitative estimate of drug-likeness (QED) is 0.559. The molecule has 22 heavy (non-hydrogen) atoms. The highest BCUT2D eigenvalue weighted by molar-refractivity contribution is 7.98. The smallest absolute Gasteiger partial charge is 0.319 e. The summed E-state index contributed by atoms with van der Waals surface area (Å²) in [4.78, 5) is 12.8. The number of carbonyl (C=O) groups excluding carboxylic acids is 1. The average Bonchev–Trinajstić information content (AvgIpc) is 2.46. The van der Waals surface area contributed by atoms with Crippen LogP contribution in [0.15, 0.2) is 29.2 Å². The van der Waals surface area contributed by atoms with Crippen LogP contribution in [0.1, 0.15) is 13.3 Å². The van der Waals surface area contributed by atoms with Crippen molar-refractivity contribution in [1.82, 2.24) is 9.62 Å². The number of sulfonamides is 1. The van der Waals surface area contributed by atoms with Crippen molar-refractivity contribution in [3.05, 3.63) is 24.3 Å². The molecular formula is C14H23N3O3S2. The Labute approximate surface area is 136 Å². The van der Waals surface area contributed by atoms with Crippen molar-refractivity contribution in [3.63, 3.8) is 0 Å². The molecule has 0 aromatic heterocycles. The van der Waals surface area contributed by atoms with E-state index in [9.17, 15) is 13.2 Å². The Bertz CT molecular complexity index is 591. The second-order valence-corrected chi connectivity index (χ2v) is 7.58. The molecule has 2 amide bonds. The van der Waals surface area contributed by atoms with Gasteiger partial charge in [-0.1, -0.05) is 13.0 Å². The van der Waals surface area contributed by atoms with Gasteiger partial charge in [0.1, 0.15) is 0 Å². The lowest BCUT2D eigenvalue weighted by Gasteiger charge is -2.17. The number of carbonyl (C=O) groups is 1. The topological polar surface area (TPSA) is 78.5 Å². The van der Waals surface area contributed by atoms with E-state index in [1.54, 1.807) is 18.7 Å². The van der Waals surface area contributed by atoms with Gasteiger partial charge >= 0.3 is 6.03 Å². The summed E-state index contributed by atoms with van der Waals surface area (Å²) in [5.74, 6) is 0. The molecule has 0 heterocycles. The Morgan fingerprint density at radius 1 is 1.36 bits per heavy atom. The van der Waals surface area contributed by atoms with Gasteiger partial charge in [0, 0.05) is 30.2 Å². The standard InChI is InChI=1S/C14H23N3O3S2/c1-4-17(22(3,19)20)10-6-9-15-14(18)16-12-7-5-8-13(11-12)21-2/h5,7-8,11H,4,6,9-10H2,1-3H3,(H2,15,16,18). The van der Waals surface area contributed by atoms with Gasteiger partial charge in [0.2, 0.25) is 10.0 Å². The van der Waals surface area contributed by atoms with Crippen molar-refractivity contribution in [1.29, 1.82) is 0 Å². The molecule has 2 N–H and O–H groups in total. The lowest BCUT2D eigenvalue weighted by Crippen LogP contribution is -2.34. The number of anilines is 1. The molecule has 0 unspecified atom stereocenters. The van der Waals surface area contributed by atoms with E-state index in [2.05, 4.69) is 10.6 Å². The Hall–Kier alpha value is -1.25. The number of urea groups is 1. The van der Waals surface area contributed by atoms with Gasteiger partial charge in [0.05, 0.1) is 6.26 Å². The number of benzene rings is 1. The minimum absolute atomic E-state index is 0.291. The van der Waals surface area contributed by atoms with Gasteiger partial charge in [0.25, 0.3) is 0 Å². The molecule has 0 fully saturated rings. The Kier molecular flexibility index (Phi) is 7.70. The zero-order valence-electron chi connectivity index (χ0n) is 13.1. The van der Waals surface area contributed by atoms with Crippen molar-refractivity contribution in [3.8, 4) is 0 Å². The predicted molar refractivity (Wildman–Crippen MR) is 92.0 cm³/mol. The van der Waals surface area contributed by atoms with Crippen molar-refractivity contribution < 1.29 is 13.2 Å². The Morgan fingerprint density at radius 2 is 2.09 bits per heavy atom. The van der Waals surface area contributed by atoms with Gasteiger partial charge in [-0.05, 0) is 30.9 Å². The van der Waals surface area contributed by atoms with Crippen molar-refractivity contribution in [2.45, 2.75) is 18.2 Å². The maximum Gasteiger partial charge on any atom is 0.319 e. The van der Waals surface area contributed by atoms with Crippen LogP contribution in [-0.4, -0.2) is 50.9 Å². The summed E-state index contributed by atoms with van der Waals surface area (Å²) in [7, 11) is -3.17. The van der Waals surface area contributed by atoms with E-state index in [1.807, 2.05) is 30.5 Å². The summed E-state index contributed by atoms with van der Waals surface area (Å²) in [5, 5.41) is 5.47. The summed E-state index contributed by atoms with van der Waals surface area (Å²) in [6, 6.07) is 7.28. The van der Waals surface area contributed by atoms with E-state index in [0.29, 0.717) is 26.1 Å². The number of rotatable bonds is 8. The molecule has 0 aliphatic heterocycles. The summed E-state index contributed by atoms with van der Waals surface area (Å²) in [6.07, 6.45) is 3.73. The molecule has 0 saturated heterocycles. The summed E-state index contributed by atoms with van der Waals surface area (Å²) in [6.45, 7) is 3.05. The first-order chi connectivity index (χ1) is 10.4. The number of nitrogens with one attached hydrogen (secondary N) is 2. The molecule has 0 spiro atoms. The van der Waals surface area contributed by atoms with Crippen molar-refractivity contribution in [2.75, 3.05) is 37.5 Å². The summed E-state index contributed by atoms with van der Waals surface area (Å²) >= 11 is 1.61. The second-order valence-electron chi connectivity index (χ2n) is 4.72. The monoisotopic (exact) mass is 345 g/mol. The average molecular weight is 345 g/mol. The molecule has 1 aromatic rings. The maximum absolute atomic E-state index is 11.8. The molecule has 1 aromatic carbocycles. The molecule has 1 rings (SSSR count). The molecule has 0 atom stereocenters. The zero-order chi connectivity index (χ0) is 16.6. The summed E-state index contributed by atoms with van der Waals surface area (Å²) in [5.41, 5.74) is 0.732. The van der Waals surface area contributed by atoms with E-state index in [1.165, 1.54) is 10.6 Å². The Balaban J connectivity index is 2.34. The molecule has 0 aliphatic carbocycles. The first-order valence-electron chi connectivity index (χ1n) is 7.01. The van der Waals surface area contributed by atoms with Crippen LogP contribution in [-0.2, 0) is 10.0 Å². The first kappa shape index (κ1) is 18.8. The van der Waals surface area contributed by atoms with Crippen LogP contribution in [0.3, 0.4) is 0 Å². The normalized spacial score (nSPS) is 11.5. The molecular weight excluding hydrogens is 322 g/mol. The number of amides is 2. The highest BCUT2D eigenvalue weighted by Crippen LogP contribution is 2.18. The number of hydrogen-bond donors (Lipinski definition) is 2. The molecule has 0 radical (unpaired) electrons. The van der Waals surface area contributed by atoms with Gasteiger partial charge in [-0.2, -0.15) is 0 Å². The van der Waals surface area contributed by atoms with Gasteiger partial charge < -0.3 is 10.6 Å². The van der Waals surface area contributed by atoms with Crippen LogP contribution in [0.5, 0.6) is 0 Å². The minimum Gasteiger partial charge on any atom is -0.338 e. The van der Waals surface area contributed by atoms with Crippen molar-refractivity contribution >= 4 is 33.5 Å². The largest absolute Gasteiger partial charge is 0.338 e. The SMILES string of the molecule is CCN(CCCNC(=O)Nc1cccc(SC)c1)S(C)(=O)=O. The van der Waals surface area contributed by atoms with E-state index in [0.717, 1.165) is 10.6 Å². The molecule has 124 valence electrons. The molecule has 6 nitrogen and oxygen atoms in total. The maximum atomic E-state index is 11.8. The van der Waals surface area contributed by atoms with E-state index < -0.39 is 10.0 Å². The van der Waals surface area contributed by atoms with Gasteiger partial charge in [-0.3, -0.25) is 0 Å². The third-order valence-electron chi connectivity index (χ3n) is 3.02. The van der Waals surface area contributed by atoms with Crippen LogP contribution in [0.25, 0.3) is 0 Å². The van der Waals surface area contributed by atoms with Crippen LogP contribution < -0.4 is 10.6 Å². The lowest BCUT2D eigenvalue weighted by molar-refractivity contribution is 0.251. The fourth-order valence-electron chi connectivity index (χ4n) is 1.89. The number of thioether (sulfide) groups is 1. The molecule has 8 heteroatoms. The first-order valence-corrected chi connectivity index (χ1v) is 10.1. The van der Waals surface area contributed by atoms with Gasteiger partial charge in [-0.15, -0.1) is 11.8 Å². The third-order valence-corrected chi connectivity index (χ3v) is 5.12. The van der Waals surface area contributed by atoms with Crippen molar-refractivity contribution in [2.24, 2.45) is 0 Å². The molecule has 0 aliphatic rings. The van der Waals surface area contributed by atoms with Crippen LogP contribution in [0.2, 0.25) is 0 Å². The Morgan fingerprint density at radius 3 is 2.68 bits per heavy atom. The lowest BCUT2D eigenvalue weighted by atomic mass is 10.3. The predicted octanol–water partition coefficient (Wildman–Crippen LogP) is 2.20. The highest BCUT2D eigenvalue weighted by Gasteiger charge is 2.13. The third kappa shape index (κ3) is 6.67. The van der Waals surface area contributed by atoms with Crippen LogP contribution >= 0.6 is 11.8 Å². The van der Waals surface area contributed by atoms with E-state index in [4.69, 9.17) is 0 Å². The van der Waals surface area contributed by atoms with Gasteiger partial charge in [0.15, 0.2) is 0 Å².